The maximum atomic E-state index is 11.2. The molecule has 1 unspecified atom stereocenters. The van der Waals surface area contributed by atoms with E-state index in [9.17, 15) is 9.90 Å². The van der Waals surface area contributed by atoms with Crippen LogP contribution in [-0.2, 0) is 11.2 Å². The fraction of sp³-hybridized carbons (Fsp3) is 0.455. The first-order valence-corrected chi connectivity index (χ1v) is 6.07. The lowest BCUT2D eigenvalue weighted by Gasteiger charge is -2.21. The van der Waals surface area contributed by atoms with Crippen molar-refractivity contribution in [3.05, 3.63) is 23.5 Å². The van der Waals surface area contributed by atoms with Gasteiger partial charge >= 0.3 is 5.97 Å². The van der Waals surface area contributed by atoms with Crippen LogP contribution in [0.3, 0.4) is 0 Å². The van der Waals surface area contributed by atoms with Gasteiger partial charge in [-0.3, -0.25) is 9.20 Å². The van der Waals surface area contributed by atoms with Gasteiger partial charge in [-0.25, -0.2) is 4.98 Å². The lowest BCUT2D eigenvalue weighted by molar-refractivity contribution is -0.148. The molecule has 16 heavy (non-hydrogen) atoms. The quantitative estimate of drug-likeness (QED) is 0.890. The number of hydrogen-bond acceptors (Lipinski definition) is 3. The number of carboxylic acid groups (broad SMARTS) is 1. The maximum absolute atomic E-state index is 11.2. The molecule has 0 saturated carbocycles. The van der Waals surface area contributed by atoms with Crippen LogP contribution in [-0.4, -0.2) is 20.5 Å². The van der Waals surface area contributed by atoms with Gasteiger partial charge in [-0.05, 0) is 13.3 Å². The summed E-state index contributed by atoms with van der Waals surface area (Å²) in [6.07, 6.45) is 4.92. The molecule has 5 heteroatoms. The first kappa shape index (κ1) is 11.1. The van der Waals surface area contributed by atoms with Gasteiger partial charge in [-0.15, -0.1) is 11.3 Å². The Bertz CT molecular complexity index is 488. The SMILES string of the molecule is CCC(C)(Cc1cn2ccsc2n1)C(=O)O. The Morgan fingerprint density at radius 3 is 3.00 bits per heavy atom. The van der Waals surface area contributed by atoms with Crippen LogP contribution in [0.15, 0.2) is 17.8 Å². The molecular formula is C11H14N2O2S. The number of carboxylic acids is 1. The third-order valence-electron chi connectivity index (χ3n) is 3.01. The molecule has 1 atom stereocenters. The summed E-state index contributed by atoms with van der Waals surface area (Å²) in [4.78, 5) is 16.5. The van der Waals surface area contributed by atoms with E-state index in [1.165, 1.54) is 0 Å². The normalized spacial score (nSPS) is 15.1. The summed E-state index contributed by atoms with van der Waals surface area (Å²) in [7, 11) is 0. The molecule has 0 aliphatic carbocycles. The van der Waals surface area contributed by atoms with Gasteiger partial charge in [-0.2, -0.15) is 0 Å². The Labute approximate surface area is 97.6 Å². The van der Waals surface area contributed by atoms with E-state index in [1.54, 1.807) is 18.3 Å². The van der Waals surface area contributed by atoms with Crippen LogP contribution in [0.1, 0.15) is 26.0 Å². The van der Waals surface area contributed by atoms with Crippen LogP contribution in [0.2, 0.25) is 0 Å². The van der Waals surface area contributed by atoms with Gasteiger partial charge < -0.3 is 5.11 Å². The Morgan fingerprint density at radius 1 is 1.69 bits per heavy atom. The van der Waals surface area contributed by atoms with Crippen molar-refractivity contribution in [3.8, 4) is 0 Å². The van der Waals surface area contributed by atoms with Gasteiger partial charge in [0, 0.05) is 24.2 Å². The minimum atomic E-state index is -0.758. The molecule has 86 valence electrons. The lowest BCUT2D eigenvalue weighted by atomic mass is 9.83. The van der Waals surface area contributed by atoms with E-state index >= 15 is 0 Å². The van der Waals surface area contributed by atoms with E-state index in [-0.39, 0.29) is 0 Å². The van der Waals surface area contributed by atoms with Gasteiger partial charge in [0.2, 0.25) is 0 Å². The van der Waals surface area contributed by atoms with Crippen molar-refractivity contribution in [1.29, 1.82) is 0 Å². The van der Waals surface area contributed by atoms with Crippen LogP contribution in [0, 0.1) is 5.41 Å². The smallest absolute Gasteiger partial charge is 0.309 e. The summed E-state index contributed by atoms with van der Waals surface area (Å²) < 4.78 is 1.93. The average molecular weight is 238 g/mol. The number of carbonyl (C=O) groups is 1. The molecule has 2 aromatic heterocycles. The molecule has 0 spiro atoms. The largest absolute Gasteiger partial charge is 0.481 e. The highest BCUT2D eigenvalue weighted by Gasteiger charge is 2.32. The van der Waals surface area contributed by atoms with Gasteiger partial charge in [0.05, 0.1) is 11.1 Å². The highest BCUT2D eigenvalue weighted by atomic mass is 32.1. The molecular weight excluding hydrogens is 224 g/mol. The zero-order valence-corrected chi connectivity index (χ0v) is 10.1. The highest BCUT2D eigenvalue weighted by Crippen LogP contribution is 2.27. The van der Waals surface area contributed by atoms with E-state index in [0.29, 0.717) is 12.8 Å². The number of rotatable bonds is 4. The zero-order valence-electron chi connectivity index (χ0n) is 9.30. The minimum absolute atomic E-state index is 0.479. The number of imidazole rings is 1. The molecule has 0 amide bonds. The van der Waals surface area contributed by atoms with Gasteiger partial charge in [0.25, 0.3) is 0 Å². The molecule has 0 aromatic carbocycles. The summed E-state index contributed by atoms with van der Waals surface area (Å²) in [5.74, 6) is -0.758. The molecule has 0 aliphatic rings. The van der Waals surface area contributed by atoms with Gasteiger partial charge in [0.1, 0.15) is 0 Å². The van der Waals surface area contributed by atoms with Crippen molar-refractivity contribution < 1.29 is 9.90 Å². The van der Waals surface area contributed by atoms with Crippen molar-refractivity contribution in [3.63, 3.8) is 0 Å². The Morgan fingerprint density at radius 2 is 2.44 bits per heavy atom. The molecule has 2 aromatic rings. The van der Waals surface area contributed by atoms with E-state index in [1.807, 2.05) is 29.1 Å². The van der Waals surface area contributed by atoms with Gasteiger partial charge in [0.15, 0.2) is 4.96 Å². The summed E-state index contributed by atoms with van der Waals surface area (Å²) in [5, 5.41) is 11.1. The second kappa shape index (κ2) is 3.90. The monoisotopic (exact) mass is 238 g/mol. The van der Waals surface area contributed by atoms with E-state index in [2.05, 4.69) is 4.98 Å². The number of nitrogens with zero attached hydrogens (tertiary/aromatic N) is 2. The number of hydrogen-bond donors (Lipinski definition) is 1. The third-order valence-corrected chi connectivity index (χ3v) is 3.78. The van der Waals surface area contributed by atoms with E-state index < -0.39 is 11.4 Å². The molecule has 0 saturated heterocycles. The predicted octanol–water partition coefficient (Wildman–Crippen LogP) is 2.44. The third kappa shape index (κ3) is 1.82. The van der Waals surface area contributed by atoms with Crippen LogP contribution in [0.4, 0.5) is 0 Å². The fourth-order valence-electron chi connectivity index (χ4n) is 1.61. The summed E-state index contributed by atoms with van der Waals surface area (Å²) in [6, 6.07) is 0. The predicted molar refractivity (Wildman–Crippen MR) is 62.8 cm³/mol. The standard InChI is InChI=1S/C11H14N2O2S/c1-3-11(2,9(14)15)6-8-7-13-4-5-16-10(13)12-8/h4-5,7H,3,6H2,1-2H3,(H,14,15). The van der Waals surface area contributed by atoms with Crippen molar-refractivity contribution in [2.24, 2.45) is 5.41 Å². The Balaban J connectivity index is 2.26. The van der Waals surface area contributed by atoms with Crippen LogP contribution in [0.5, 0.6) is 0 Å². The van der Waals surface area contributed by atoms with Crippen molar-refractivity contribution in [2.45, 2.75) is 26.7 Å². The summed E-state index contributed by atoms with van der Waals surface area (Å²) >= 11 is 1.55. The number of aliphatic carboxylic acids is 1. The molecule has 0 fully saturated rings. The molecule has 4 nitrogen and oxygen atoms in total. The van der Waals surface area contributed by atoms with Crippen molar-refractivity contribution in [1.82, 2.24) is 9.38 Å². The molecule has 2 rings (SSSR count). The molecule has 2 heterocycles. The molecule has 0 aliphatic heterocycles. The van der Waals surface area contributed by atoms with Crippen LogP contribution in [0.25, 0.3) is 4.96 Å². The van der Waals surface area contributed by atoms with E-state index in [4.69, 9.17) is 0 Å². The Hall–Kier alpha value is -1.36. The molecule has 0 radical (unpaired) electrons. The second-order valence-electron chi connectivity index (χ2n) is 4.22. The minimum Gasteiger partial charge on any atom is -0.481 e. The topological polar surface area (TPSA) is 54.6 Å². The summed E-state index contributed by atoms with van der Waals surface area (Å²) in [6.45, 7) is 3.66. The van der Waals surface area contributed by atoms with Crippen molar-refractivity contribution in [2.75, 3.05) is 0 Å². The fourth-order valence-corrected chi connectivity index (χ4v) is 2.33. The van der Waals surface area contributed by atoms with Crippen LogP contribution < -0.4 is 0 Å². The number of aromatic nitrogens is 2. The second-order valence-corrected chi connectivity index (χ2v) is 5.09. The number of thiazole rings is 1. The first-order valence-electron chi connectivity index (χ1n) is 5.19. The first-order chi connectivity index (χ1) is 7.55. The Kier molecular flexibility index (Phi) is 2.71. The highest BCUT2D eigenvalue weighted by molar-refractivity contribution is 7.15. The molecule has 0 bridgehead atoms. The van der Waals surface area contributed by atoms with Crippen LogP contribution >= 0.6 is 11.3 Å². The lowest BCUT2D eigenvalue weighted by Crippen LogP contribution is -2.29. The summed E-state index contributed by atoms with van der Waals surface area (Å²) in [5.41, 5.74) is 0.128. The maximum Gasteiger partial charge on any atom is 0.309 e. The van der Waals surface area contributed by atoms with Gasteiger partial charge in [-0.1, -0.05) is 6.92 Å². The average Bonchev–Trinajstić information content (AvgIpc) is 2.77. The number of fused-ring (bicyclic) bond motifs is 1. The van der Waals surface area contributed by atoms with E-state index in [0.717, 1.165) is 10.7 Å². The van der Waals surface area contributed by atoms with Crippen molar-refractivity contribution >= 4 is 22.3 Å². The zero-order chi connectivity index (χ0) is 11.8. The molecule has 1 N–H and O–H groups in total.